The van der Waals surface area contributed by atoms with Gasteiger partial charge in [0.15, 0.2) is 4.80 Å². The van der Waals surface area contributed by atoms with Crippen molar-refractivity contribution >= 4 is 34.8 Å². The first kappa shape index (κ1) is 13.5. The van der Waals surface area contributed by atoms with E-state index in [2.05, 4.69) is 4.99 Å². The van der Waals surface area contributed by atoms with Crippen LogP contribution in [0.4, 0.5) is 0 Å². The van der Waals surface area contributed by atoms with Gasteiger partial charge in [-0.15, -0.1) is 11.3 Å². The number of carbonyl (C=O) groups excluding carboxylic acids is 1. The van der Waals surface area contributed by atoms with Crippen molar-refractivity contribution in [3.05, 3.63) is 51.2 Å². The van der Waals surface area contributed by atoms with Gasteiger partial charge in [0, 0.05) is 22.2 Å². The molecule has 7 heteroatoms. The van der Waals surface area contributed by atoms with Crippen molar-refractivity contribution in [3.8, 4) is 0 Å². The van der Waals surface area contributed by atoms with E-state index in [-0.39, 0.29) is 6.54 Å². The molecule has 0 saturated heterocycles. The third-order valence-electron chi connectivity index (χ3n) is 2.25. The molecule has 0 aliphatic carbocycles. The van der Waals surface area contributed by atoms with E-state index in [9.17, 15) is 9.59 Å². The number of benzene rings is 1. The fraction of sp³-hybridized carbons (Fsp3) is 0.0833. The Bertz CT molecular complexity index is 673. The van der Waals surface area contributed by atoms with Gasteiger partial charge in [-0.2, -0.15) is 4.99 Å². The summed E-state index contributed by atoms with van der Waals surface area (Å²) in [5, 5.41) is 10.9. The third-order valence-corrected chi connectivity index (χ3v) is 3.30. The molecule has 0 spiro atoms. The molecule has 0 unspecified atom stereocenters. The minimum atomic E-state index is -0.987. The summed E-state index contributed by atoms with van der Waals surface area (Å²) in [6, 6.07) is 6.35. The van der Waals surface area contributed by atoms with Crippen LogP contribution in [0.3, 0.4) is 0 Å². The molecule has 1 amide bonds. The van der Waals surface area contributed by atoms with E-state index in [0.29, 0.717) is 15.4 Å². The van der Waals surface area contributed by atoms with Crippen LogP contribution in [0.2, 0.25) is 5.02 Å². The average molecular weight is 297 g/mol. The van der Waals surface area contributed by atoms with Gasteiger partial charge in [-0.25, -0.2) is 0 Å². The molecular weight excluding hydrogens is 288 g/mol. The monoisotopic (exact) mass is 296 g/mol. The summed E-state index contributed by atoms with van der Waals surface area (Å²) in [6.07, 6.45) is 1.58. The van der Waals surface area contributed by atoms with Crippen LogP contribution < -0.4 is 4.80 Å². The van der Waals surface area contributed by atoms with Gasteiger partial charge >= 0.3 is 5.97 Å². The van der Waals surface area contributed by atoms with E-state index in [1.54, 1.807) is 35.8 Å². The molecule has 0 aliphatic rings. The maximum Gasteiger partial charge on any atom is 0.323 e. The minimum Gasteiger partial charge on any atom is -0.480 e. The number of hydrogen-bond donors (Lipinski definition) is 1. The largest absolute Gasteiger partial charge is 0.480 e. The summed E-state index contributed by atoms with van der Waals surface area (Å²) in [5.41, 5.74) is 0.402. The lowest BCUT2D eigenvalue weighted by Crippen LogP contribution is -2.20. The van der Waals surface area contributed by atoms with Crippen LogP contribution >= 0.6 is 22.9 Å². The Hall–Kier alpha value is -1.92. The summed E-state index contributed by atoms with van der Waals surface area (Å²) in [6.45, 7) is -0.226. The molecule has 0 saturated carbocycles. The highest BCUT2D eigenvalue weighted by Crippen LogP contribution is 2.10. The molecule has 5 nitrogen and oxygen atoms in total. The number of hydrogen-bond acceptors (Lipinski definition) is 3. The Kier molecular flexibility index (Phi) is 4.13. The number of carboxylic acid groups (broad SMARTS) is 1. The molecule has 2 rings (SSSR count). The fourth-order valence-corrected chi connectivity index (χ4v) is 2.25. The van der Waals surface area contributed by atoms with Gasteiger partial charge in [0.05, 0.1) is 0 Å². The van der Waals surface area contributed by atoms with Gasteiger partial charge in [-0.05, 0) is 24.3 Å². The fourth-order valence-electron chi connectivity index (χ4n) is 1.40. The van der Waals surface area contributed by atoms with E-state index in [4.69, 9.17) is 16.7 Å². The van der Waals surface area contributed by atoms with E-state index in [1.165, 1.54) is 15.9 Å². The van der Waals surface area contributed by atoms with Crippen molar-refractivity contribution in [2.75, 3.05) is 0 Å². The van der Waals surface area contributed by atoms with E-state index >= 15 is 0 Å². The molecule has 0 aliphatic heterocycles. The lowest BCUT2D eigenvalue weighted by atomic mass is 10.2. The van der Waals surface area contributed by atoms with Gasteiger partial charge in [0.2, 0.25) is 0 Å². The number of thiazole rings is 1. The number of carboxylic acids is 1. The van der Waals surface area contributed by atoms with Crippen molar-refractivity contribution in [1.29, 1.82) is 0 Å². The molecule has 0 fully saturated rings. The summed E-state index contributed by atoms with van der Waals surface area (Å²) < 4.78 is 1.40. The quantitative estimate of drug-likeness (QED) is 0.942. The first-order chi connectivity index (χ1) is 9.06. The van der Waals surface area contributed by atoms with Crippen molar-refractivity contribution < 1.29 is 14.7 Å². The van der Waals surface area contributed by atoms with Crippen LogP contribution in [-0.2, 0) is 11.3 Å². The SMILES string of the molecule is O=C(O)Cn1ccsc1=NC(=O)c1ccc(Cl)cc1. The summed E-state index contributed by atoms with van der Waals surface area (Å²) >= 11 is 6.94. The number of rotatable bonds is 3. The Morgan fingerprint density at radius 2 is 2.00 bits per heavy atom. The first-order valence-corrected chi connectivity index (χ1v) is 6.52. The maximum absolute atomic E-state index is 11.9. The van der Waals surface area contributed by atoms with Crippen LogP contribution in [0.25, 0.3) is 0 Å². The highest BCUT2D eigenvalue weighted by molar-refractivity contribution is 7.07. The third kappa shape index (κ3) is 3.52. The smallest absolute Gasteiger partial charge is 0.323 e. The zero-order valence-electron chi connectivity index (χ0n) is 9.62. The lowest BCUT2D eigenvalue weighted by molar-refractivity contribution is -0.137. The number of nitrogens with zero attached hydrogens (tertiary/aromatic N) is 2. The number of aromatic nitrogens is 1. The number of halogens is 1. The maximum atomic E-state index is 11.9. The second kappa shape index (κ2) is 5.81. The lowest BCUT2D eigenvalue weighted by Gasteiger charge is -1.98. The topological polar surface area (TPSA) is 71.7 Å². The minimum absolute atomic E-state index is 0.226. The van der Waals surface area contributed by atoms with Gasteiger partial charge in [-0.3, -0.25) is 9.59 Å². The zero-order chi connectivity index (χ0) is 13.8. The molecule has 1 heterocycles. The second-order valence-electron chi connectivity index (χ2n) is 3.63. The van der Waals surface area contributed by atoms with Crippen LogP contribution in [0.5, 0.6) is 0 Å². The van der Waals surface area contributed by atoms with E-state index in [0.717, 1.165) is 0 Å². The molecule has 2 aromatic rings. The zero-order valence-corrected chi connectivity index (χ0v) is 11.2. The van der Waals surface area contributed by atoms with Crippen molar-refractivity contribution in [1.82, 2.24) is 4.57 Å². The van der Waals surface area contributed by atoms with Crippen LogP contribution in [0.15, 0.2) is 40.8 Å². The van der Waals surface area contributed by atoms with Gasteiger partial charge in [0.25, 0.3) is 5.91 Å². The summed E-state index contributed by atoms with van der Waals surface area (Å²) in [5.74, 6) is -1.42. The molecular formula is C12H9ClN2O3S. The van der Waals surface area contributed by atoms with Crippen LogP contribution in [0.1, 0.15) is 10.4 Å². The second-order valence-corrected chi connectivity index (χ2v) is 4.94. The van der Waals surface area contributed by atoms with Gasteiger partial charge in [0.1, 0.15) is 6.54 Å². The Morgan fingerprint density at radius 3 is 2.63 bits per heavy atom. The van der Waals surface area contributed by atoms with Crippen LogP contribution in [0, 0.1) is 0 Å². The molecule has 0 atom stereocenters. The molecule has 1 aromatic carbocycles. The Labute approximate surface area is 117 Å². The van der Waals surface area contributed by atoms with Gasteiger partial charge in [-0.1, -0.05) is 11.6 Å². The molecule has 1 aromatic heterocycles. The highest BCUT2D eigenvalue weighted by Gasteiger charge is 2.06. The molecule has 0 radical (unpaired) electrons. The van der Waals surface area contributed by atoms with E-state index < -0.39 is 11.9 Å². The van der Waals surface area contributed by atoms with E-state index in [1.807, 2.05) is 0 Å². The van der Waals surface area contributed by atoms with Crippen molar-refractivity contribution in [2.24, 2.45) is 4.99 Å². The predicted molar refractivity (Wildman–Crippen MR) is 71.3 cm³/mol. The normalized spacial score (nSPS) is 11.5. The predicted octanol–water partition coefficient (Wildman–Crippen LogP) is 2.03. The van der Waals surface area contributed by atoms with Gasteiger partial charge < -0.3 is 9.67 Å². The number of carbonyl (C=O) groups is 2. The van der Waals surface area contributed by atoms with Crippen molar-refractivity contribution in [3.63, 3.8) is 0 Å². The Balaban J connectivity index is 2.31. The standard InChI is InChI=1S/C12H9ClN2O3S/c13-9-3-1-8(2-4-9)11(18)14-12-15(5-6-19-12)7-10(16)17/h1-6H,7H2,(H,16,17). The summed E-state index contributed by atoms with van der Waals surface area (Å²) in [4.78, 5) is 26.8. The highest BCUT2D eigenvalue weighted by atomic mass is 35.5. The molecule has 19 heavy (non-hydrogen) atoms. The number of aliphatic carboxylic acids is 1. The molecule has 98 valence electrons. The summed E-state index contributed by atoms with van der Waals surface area (Å²) in [7, 11) is 0. The molecule has 0 bridgehead atoms. The number of amides is 1. The first-order valence-electron chi connectivity index (χ1n) is 5.26. The van der Waals surface area contributed by atoms with Crippen molar-refractivity contribution in [2.45, 2.75) is 6.54 Å². The Morgan fingerprint density at radius 1 is 1.32 bits per heavy atom. The van der Waals surface area contributed by atoms with Crippen LogP contribution in [-0.4, -0.2) is 21.6 Å². The average Bonchev–Trinajstić information content (AvgIpc) is 2.76. The molecule has 1 N–H and O–H groups in total.